The molecule has 0 atom stereocenters. The summed E-state index contributed by atoms with van der Waals surface area (Å²) in [5, 5.41) is 0. The van der Waals surface area contributed by atoms with Crippen molar-refractivity contribution in [2.75, 3.05) is 0 Å². The van der Waals surface area contributed by atoms with Gasteiger partial charge in [-0.1, -0.05) is 78.9 Å². The van der Waals surface area contributed by atoms with E-state index in [-0.39, 0.29) is 10.5 Å². The van der Waals surface area contributed by atoms with Crippen LogP contribution in [-0.2, 0) is 16.6 Å². The normalized spacial score (nSPS) is 13.5. The summed E-state index contributed by atoms with van der Waals surface area (Å²) in [6.07, 6.45) is 2.11. The average Bonchev–Trinajstić information content (AvgIpc) is 3.71. The van der Waals surface area contributed by atoms with Crippen LogP contribution in [0.2, 0.25) is 0 Å². The number of carbonyl (C=O) groups excluding carboxylic acids is 1. The van der Waals surface area contributed by atoms with Gasteiger partial charge in [-0.3, -0.25) is 4.79 Å². The highest BCUT2D eigenvalue weighted by Crippen LogP contribution is 2.41. The lowest BCUT2D eigenvalue weighted by Gasteiger charge is -2.11. The summed E-state index contributed by atoms with van der Waals surface area (Å²) in [6.45, 7) is 0.616. The Bertz CT molecular complexity index is 1690. The van der Waals surface area contributed by atoms with Crippen LogP contribution in [0.3, 0.4) is 0 Å². The van der Waals surface area contributed by atoms with Crippen molar-refractivity contribution in [3.63, 3.8) is 0 Å². The molecule has 0 unspecified atom stereocenters. The number of amides is 1. The van der Waals surface area contributed by atoms with Gasteiger partial charge in [0.2, 0.25) is 0 Å². The third kappa shape index (κ3) is 4.66. The Morgan fingerprint density at radius 3 is 2.14 bits per heavy atom. The summed E-state index contributed by atoms with van der Waals surface area (Å²) in [5.74, 6) is 0.599. The average molecular weight is 508 g/mol. The van der Waals surface area contributed by atoms with Gasteiger partial charge in [0, 0.05) is 12.5 Å². The zero-order valence-corrected chi connectivity index (χ0v) is 20.9. The first-order valence-corrected chi connectivity index (χ1v) is 13.7. The quantitative estimate of drug-likeness (QED) is 0.304. The van der Waals surface area contributed by atoms with E-state index < -0.39 is 15.9 Å². The van der Waals surface area contributed by atoms with Crippen LogP contribution in [0.15, 0.2) is 108 Å². The maximum Gasteiger partial charge on any atom is 0.267 e. The van der Waals surface area contributed by atoms with Gasteiger partial charge < -0.3 is 4.57 Å². The molecule has 5 aromatic rings. The number of nitrogens with zero attached hydrogens (tertiary/aromatic N) is 2. The van der Waals surface area contributed by atoms with E-state index in [2.05, 4.69) is 45.7 Å². The summed E-state index contributed by atoms with van der Waals surface area (Å²) in [6, 6.07) is 31.9. The maximum atomic E-state index is 13.1. The molecular formula is C30H25N3O3S. The predicted molar refractivity (Wildman–Crippen MR) is 144 cm³/mol. The van der Waals surface area contributed by atoms with E-state index in [9.17, 15) is 13.2 Å². The number of hydrogen-bond donors (Lipinski definition) is 1. The van der Waals surface area contributed by atoms with Gasteiger partial charge in [0.15, 0.2) is 0 Å². The van der Waals surface area contributed by atoms with Crippen molar-refractivity contribution in [1.29, 1.82) is 0 Å². The standard InChI is InChI=1S/C30H25N3O3S/c34-30(32-37(35,36)25-10-5-2-6-11-25)26-12-7-13-27-28(26)31-29(24-18-19-24)33(27)20-21-14-16-23(17-15-21)22-8-3-1-4-9-22/h1-17,24H,18-20H2,(H,32,34). The molecule has 0 aliphatic heterocycles. The van der Waals surface area contributed by atoms with E-state index in [0.717, 1.165) is 35.3 Å². The molecule has 1 aromatic heterocycles. The van der Waals surface area contributed by atoms with Gasteiger partial charge in [0.25, 0.3) is 15.9 Å². The van der Waals surface area contributed by atoms with Gasteiger partial charge in [0.1, 0.15) is 11.3 Å². The molecule has 0 spiro atoms. The van der Waals surface area contributed by atoms with Crippen molar-refractivity contribution in [3.8, 4) is 11.1 Å². The van der Waals surface area contributed by atoms with Crippen molar-refractivity contribution in [2.45, 2.75) is 30.2 Å². The van der Waals surface area contributed by atoms with E-state index in [1.54, 1.807) is 30.3 Å². The fourth-order valence-corrected chi connectivity index (χ4v) is 5.61. The number of para-hydroxylation sites is 1. The molecule has 6 rings (SSSR count). The molecule has 1 fully saturated rings. The summed E-state index contributed by atoms with van der Waals surface area (Å²) in [5.41, 5.74) is 5.03. The molecule has 1 N–H and O–H groups in total. The second-order valence-electron chi connectivity index (χ2n) is 9.31. The second-order valence-corrected chi connectivity index (χ2v) is 11.0. The molecule has 1 aliphatic carbocycles. The molecule has 0 bridgehead atoms. The van der Waals surface area contributed by atoms with Crippen molar-refractivity contribution in [3.05, 3.63) is 120 Å². The van der Waals surface area contributed by atoms with Gasteiger partial charge >= 0.3 is 0 Å². The van der Waals surface area contributed by atoms with Crippen LogP contribution < -0.4 is 4.72 Å². The molecule has 184 valence electrons. The van der Waals surface area contributed by atoms with Crippen LogP contribution in [0, 0.1) is 0 Å². The molecule has 1 heterocycles. The van der Waals surface area contributed by atoms with E-state index in [4.69, 9.17) is 4.98 Å². The van der Waals surface area contributed by atoms with Gasteiger partial charge in [-0.2, -0.15) is 0 Å². The Labute approximate surface area is 215 Å². The molecule has 4 aromatic carbocycles. The summed E-state index contributed by atoms with van der Waals surface area (Å²) in [4.78, 5) is 18.1. The van der Waals surface area contributed by atoms with Crippen LogP contribution in [0.1, 0.15) is 40.5 Å². The predicted octanol–water partition coefficient (Wildman–Crippen LogP) is 5.75. The Hall–Kier alpha value is -4.23. The van der Waals surface area contributed by atoms with E-state index in [1.165, 1.54) is 17.7 Å². The smallest absolute Gasteiger partial charge is 0.267 e. The van der Waals surface area contributed by atoms with Crippen LogP contribution >= 0.6 is 0 Å². The van der Waals surface area contributed by atoms with Crippen LogP contribution in [0.25, 0.3) is 22.2 Å². The number of hydrogen-bond acceptors (Lipinski definition) is 4. The highest BCUT2D eigenvalue weighted by atomic mass is 32.2. The highest BCUT2D eigenvalue weighted by Gasteiger charge is 2.31. The molecule has 7 heteroatoms. The van der Waals surface area contributed by atoms with Crippen molar-refractivity contribution < 1.29 is 13.2 Å². The minimum absolute atomic E-state index is 0.0404. The number of benzene rings is 4. The minimum Gasteiger partial charge on any atom is -0.323 e. The van der Waals surface area contributed by atoms with Gasteiger partial charge in [-0.25, -0.2) is 18.1 Å². The lowest BCUT2D eigenvalue weighted by molar-refractivity contribution is 0.0983. The summed E-state index contributed by atoms with van der Waals surface area (Å²) in [7, 11) is -3.99. The SMILES string of the molecule is O=C(NS(=O)(=O)c1ccccc1)c1cccc2c1nc(C1CC1)n2Cc1ccc(-c2ccccc2)cc1. The highest BCUT2D eigenvalue weighted by molar-refractivity contribution is 7.90. The monoisotopic (exact) mass is 507 g/mol. The van der Waals surface area contributed by atoms with Gasteiger partial charge in [0.05, 0.1) is 16.0 Å². The van der Waals surface area contributed by atoms with Crippen LogP contribution in [0.4, 0.5) is 0 Å². The second kappa shape index (κ2) is 9.33. The number of sulfonamides is 1. The number of imidazole rings is 1. The Morgan fingerprint density at radius 1 is 0.811 bits per heavy atom. The largest absolute Gasteiger partial charge is 0.323 e. The molecular weight excluding hydrogens is 482 g/mol. The molecule has 0 radical (unpaired) electrons. The minimum atomic E-state index is -3.99. The Balaban J connectivity index is 1.33. The van der Waals surface area contributed by atoms with E-state index in [1.807, 2.05) is 24.3 Å². The first kappa shape index (κ1) is 23.2. The lowest BCUT2D eigenvalue weighted by atomic mass is 10.0. The molecule has 0 saturated heterocycles. The van der Waals surface area contributed by atoms with E-state index >= 15 is 0 Å². The zero-order valence-electron chi connectivity index (χ0n) is 20.0. The Kier molecular flexibility index (Phi) is 5.85. The summed E-state index contributed by atoms with van der Waals surface area (Å²) < 4.78 is 29.9. The zero-order chi connectivity index (χ0) is 25.4. The number of rotatable bonds is 7. The molecule has 1 aliphatic rings. The third-order valence-electron chi connectivity index (χ3n) is 6.68. The fraction of sp³-hybridized carbons (Fsp3) is 0.133. The Morgan fingerprint density at radius 2 is 1.46 bits per heavy atom. The molecule has 1 amide bonds. The fourth-order valence-electron chi connectivity index (χ4n) is 4.62. The molecule has 37 heavy (non-hydrogen) atoms. The van der Waals surface area contributed by atoms with Crippen molar-refractivity contribution in [1.82, 2.24) is 14.3 Å². The maximum absolute atomic E-state index is 13.1. The number of aromatic nitrogens is 2. The first-order valence-electron chi connectivity index (χ1n) is 12.3. The van der Waals surface area contributed by atoms with Crippen LogP contribution in [-0.4, -0.2) is 23.9 Å². The number of carbonyl (C=O) groups is 1. The first-order chi connectivity index (χ1) is 18.0. The lowest BCUT2D eigenvalue weighted by Crippen LogP contribution is -2.30. The number of nitrogens with one attached hydrogen (secondary N) is 1. The molecule has 1 saturated carbocycles. The summed E-state index contributed by atoms with van der Waals surface area (Å²) >= 11 is 0. The topological polar surface area (TPSA) is 81.1 Å². The van der Waals surface area contributed by atoms with E-state index in [0.29, 0.717) is 18.0 Å². The van der Waals surface area contributed by atoms with Crippen LogP contribution in [0.5, 0.6) is 0 Å². The van der Waals surface area contributed by atoms with Crippen molar-refractivity contribution in [2.24, 2.45) is 0 Å². The van der Waals surface area contributed by atoms with Gasteiger partial charge in [-0.15, -0.1) is 0 Å². The number of fused-ring (bicyclic) bond motifs is 1. The van der Waals surface area contributed by atoms with Crippen molar-refractivity contribution >= 4 is 27.0 Å². The molecule has 6 nitrogen and oxygen atoms in total. The third-order valence-corrected chi connectivity index (χ3v) is 8.02. The van der Waals surface area contributed by atoms with Gasteiger partial charge in [-0.05, 0) is 53.8 Å².